The molecule has 0 atom stereocenters. The second-order valence-corrected chi connectivity index (χ2v) is 5.94. The van der Waals surface area contributed by atoms with Crippen molar-refractivity contribution in [2.75, 3.05) is 13.1 Å². The number of nitro benzene ring substituents is 1. The fourth-order valence-corrected chi connectivity index (χ4v) is 3.23. The second kappa shape index (κ2) is 7.58. The van der Waals surface area contributed by atoms with E-state index in [4.69, 9.17) is 5.53 Å². The first kappa shape index (κ1) is 16.9. The number of hydrogen-bond acceptors (Lipinski definition) is 5. The largest absolute Gasteiger partial charge is 0.289 e. The lowest BCUT2D eigenvalue weighted by Crippen LogP contribution is -2.26. The predicted molar refractivity (Wildman–Crippen MR) is 76.3 cm³/mol. The average molecular weight is 313 g/mol. The highest BCUT2D eigenvalue weighted by atomic mass is 32.2. The number of aryl methyl sites for hydroxylation is 1. The van der Waals surface area contributed by atoms with Crippen molar-refractivity contribution in [1.29, 1.82) is 0 Å². The van der Waals surface area contributed by atoms with Crippen molar-refractivity contribution in [3.05, 3.63) is 44.3 Å². The number of nitrogens with zero attached hydrogens (tertiary/aromatic N) is 4. The molecule has 0 bridgehead atoms. The minimum Gasteiger partial charge on any atom is -0.258 e. The van der Waals surface area contributed by atoms with E-state index in [1.165, 1.54) is 19.1 Å². The molecule has 0 saturated carbocycles. The maximum absolute atomic E-state index is 12.2. The van der Waals surface area contributed by atoms with Gasteiger partial charge in [0.05, 0.1) is 4.92 Å². The highest BCUT2D eigenvalue weighted by Gasteiger charge is 2.27. The van der Waals surface area contributed by atoms with Crippen LogP contribution in [0, 0.1) is 17.0 Å². The lowest BCUT2D eigenvalue weighted by Gasteiger charge is -2.09. The Morgan fingerprint density at radius 1 is 1.43 bits per heavy atom. The van der Waals surface area contributed by atoms with Gasteiger partial charge in [-0.15, -0.1) is 0 Å². The van der Waals surface area contributed by atoms with E-state index in [-0.39, 0.29) is 18.0 Å². The molecule has 21 heavy (non-hydrogen) atoms. The van der Waals surface area contributed by atoms with Crippen LogP contribution in [0.2, 0.25) is 0 Å². The Kier molecular flexibility index (Phi) is 6.10. The molecular formula is C11H15N5O4S. The zero-order valence-corrected chi connectivity index (χ0v) is 12.2. The molecule has 0 aromatic heterocycles. The van der Waals surface area contributed by atoms with E-state index in [0.29, 0.717) is 18.4 Å². The normalized spacial score (nSPS) is 10.9. The third kappa shape index (κ3) is 4.71. The van der Waals surface area contributed by atoms with E-state index >= 15 is 0 Å². The van der Waals surface area contributed by atoms with Gasteiger partial charge in [0.1, 0.15) is 0 Å². The quantitative estimate of drug-likeness (QED) is 0.196. The van der Waals surface area contributed by atoms with Gasteiger partial charge in [0, 0.05) is 24.1 Å². The smallest absolute Gasteiger partial charge is 0.258 e. The van der Waals surface area contributed by atoms with Crippen molar-refractivity contribution in [2.24, 2.45) is 5.11 Å². The number of hydrogen-bond donors (Lipinski definition) is 1. The van der Waals surface area contributed by atoms with Gasteiger partial charge in [-0.05, 0) is 30.9 Å². The van der Waals surface area contributed by atoms with Crippen LogP contribution in [0.25, 0.3) is 10.4 Å². The zero-order chi connectivity index (χ0) is 15.9. The molecule has 0 saturated heterocycles. The van der Waals surface area contributed by atoms with Crippen molar-refractivity contribution in [2.45, 2.75) is 24.7 Å². The number of unbranched alkanes of at least 4 members (excludes halogenated alkanes) is 1. The number of azide groups is 1. The predicted octanol–water partition coefficient (Wildman–Crippen LogP) is 2.27. The van der Waals surface area contributed by atoms with Crippen molar-refractivity contribution in [1.82, 2.24) is 4.72 Å². The van der Waals surface area contributed by atoms with Gasteiger partial charge < -0.3 is 0 Å². The summed E-state index contributed by atoms with van der Waals surface area (Å²) in [6.07, 6.45) is 1.00. The molecule has 9 nitrogen and oxygen atoms in total. The fraction of sp³-hybridized carbons (Fsp3) is 0.455. The van der Waals surface area contributed by atoms with Crippen LogP contribution in [0.15, 0.2) is 28.2 Å². The number of nitro groups is 1. The molecule has 0 amide bonds. The third-order valence-corrected chi connectivity index (χ3v) is 4.35. The molecule has 114 valence electrons. The van der Waals surface area contributed by atoms with Gasteiger partial charge >= 0.3 is 0 Å². The average Bonchev–Trinajstić information content (AvgIpc) is 2.42. The molecule has 10 heteroatoms. The van der Waals surface area contributed by atoms with E-state index in [2.05, 4.69) is 14.7 Å². The topological polar surface area (TPSA) is 138 Å². The van der Waals surface area contributed by atoms with Gasteiger partial charge in [0.2, 0.25) is 10.0 Å². The molecule has 0 spiro atoms. The molecule has 0 aliphatic carbocycles. The van der Waals surface area contributed by atoms with Crippen LogP contribution < -0.4 is 4.72 Å². The summed E-state index contributed by atoms with van der Waals surface area (Å²) in [5.74, 6) is 0. The molecule has 1 N–H and O–H groups in total. The molecule has 0 unspecified atom stereocenters. The molecule has 0 radical (unpaired) electrons. The maximum atomic E-state index is 12.2. The Morgan fingerprint density at radius 3 is 2.76 bits per heavy atom. The first-order valence-electron chi connectivity index (χ1n) is 6.14. The number of nitrogens with one attached hydrogen (secondary N) is 1. The summed E-state index contributed by atoms with van der Waals surface area (Å²) >= 11 is 0. The lowest BCUT2D eigenvalue weighted by molar-refractivity contribution is -0.387. The Bertz CT molecular complexity index is 667. The first-order chi connectivity index (χ1) is 9.90. The monoisotopic (exact) mass is 313 g/mol. The molecule has 1 aromatic carbocycles. The third-order valence-electron chi connectivity index (χ3n) is 2.70. The van der Waals surface area contributed by atoms with Gasteiger partial charge in [-0.25, -0.2) is 13.1 Å². The van der Waals surface area contributed by atoms with Crippen LogP contribution in [0.5, 0.6) is 0 Å². The summed E-state index contributed by atoms with van der Waals surface area (Å²) < 4.78 is 26.7. The van der Waals surface area contributed by atoms with Crippen molar-refractivity contribution in [3.63, 3.8) is 0 Å². The number of rotatable bonds is 8. The Labute approximate surface area is 121 Å². The zero-order valence-electron chi connectivity index (χ0n) is 11.4. The van der Waals surface area contributed by atoms with Gasteiger partial charge in [-0.3, -0.25) is 10.1 Å². The van der Waals surface area contributed by atoms with Crippen LogP contribution in [-0.2, 0) is 10.0 Å². The Morgan fingerprint density at radius 2 is 2.14 bits per heavy atom. The number of benzene rings is 1. The van der Waals surface area contributed by atoms with Gasteiger partial charge in [-0.1, -0.05) is 17.2 Å². The highest BCUT2D eigenvalue weighted by Crippen LogP contribution is 2.26. The SMILES string of the molecule is Cc1cccc([N+](=O)[O-])c1S(=O)(=O)NCCCCN=[N+]=[N-]. The van der Waals surface area contributed by atoms with Gasteiger partial charge in [0.15, 0.2) is 4.90 Å². The van der Waals surface area contributed by atoms with Crippen LogP contribution in [0.1, 0.15) is 18.4 Å². The lowest BCUT2D eigenvalue weighted by atomic mass is 10.2. The molecule has 0 heterocycles. The Balaban J connectivity index is 2.84. The summed E-state index contributed by atoms with van der Waals surface area (Å²) in [5, 5.41) is 14.3. The molecule has 0 fully saturated rings. The van der Waals surface area contributed by atoms with Crippen LogP contribution in [0.3, 0.4) is 0 Å². The van der Waals surface area contributed by atoms with E-state index < -0.39 is 20.6 Å². The van der Waals surface area contributed by atoms with Crippen LogP contribution in [-0.4, -0.2) is 26.4 Å². The van der Waals surface area contributed by atoms with Crippen LogP contribution in [0.4, 0.5) is 5.69 Å². The molecule has 0 aliphatic heterocycles. The minimum atomic E-state index is -3.95. The molecule has 1 rings (SSSR count). The van der Waals surface area contributed by atoms with E-state index in [1.54, 1.807) is 0 Å². The summed E-state index contributed by atoms with van der Waals surface area (Å²) in [6, 6.07) is 4.10. The fourth-order valence-electron chi connectivity index (χ4n) is 1.76. The van der Waals surface area contributed by atoms with E-state index in [9.17, 15) is 18.5 Å². The van der Waals surface area contributed by atoms with Gasteiger partial charge in [-0.2, -0.15) is 0 Å². The van der Waals surface area contributed by atoms with Crippen LogP contribution >= 0.6 is 0 Å². The Hall–Kier alpha value is -2.16. The summed E-state index contributed by atoms with van der Waals surface area (Å²) in [7, 11) is -3.95. The van der Waals surface area contributed by atoms with E-state index in [1.807, 2.05) is 0 Å². The summed E-state index contributed by atoms with van der Waals surface area (Å²) in [5.41, 5.74) is 7.96. The maximum Gasteiger partial charge on any atom is 0.289 e. The van der Waals surface area contributed by atoms with E-state index in [0.717, 1.165) is 6.07 Å². The standard InChI is InChI=1S/C11H15N5O4S/c1-9-5-4-6-10(16(17)18)11(9)21(19,20)14-8-3-2-7-13-15-12/h4-6,14H,2-3,7-8H2,1H3. The first-order valence-corrected chi connectivity index (χ1v) is 7.63. The summed E-state index contributed by atoms with van der Waals surface area (Å²) in [4.78, 5) is 12.5. The van der Waals surface area contributed by atoms with Crippen molar-refractivity contribution < 1.29 is 13.3 Å². The molecule has 0 aliphatic rings. The van der Waals surface area contributed by atoms with Crippen molar-refractivity contribution >= 4 is 15.7 Å². The van der Waals surface area contributed by atoms with Gasteiger partial charge in [0.25, 0.3) is 5.69 Å². The molecule has 1 aromatic rings. The second-order valence-electron chi connectivity index (χ2n) is 4.24. The summed E-state index contributed by atoms with van der Waals surface area (Å²) in [6.45, 7) is 1.90. The van der Waals surface area contributed by atoms with Crippen molar-refractivity contribution in [3.8, 4) is 0 Å². The minimum absolute atomic E-state index is 0.120. The highest BCUT2D eigenvalue weighted by molar-refractivity contribution is 7.89. The molecular weight excluding hydrogens is 298 g/mol. The number of sulfonamides is 1.